The lowest BCUT2D eigenvalue weighted by atomic mass is 9.72. The Morgan fingerprint density at radius 2 is 2.07 bits per heavy atom. The summed E-state index contributed by atoms with van der Waals surface area (Å²) in [5.74, 6) is 0.280. The first kappa shape index (κ1) is 9.91. The van der Waals surface area contributed by atoms with Crippen LogP contribution in [0.15, 0.2) is 11.1 Å². The molecule has 14 heavy (non-hydrogen) atoms. The van der Waals surface area contributed by atoms with Gasteiger partial charge >= 0.3 is 0 Å². The third-order valence-corrected chi connectivity index (χ3v) is 3.82. The molecular formula is C11H13ClO2. The highest BCUT2D eigenvalue weighted by Gasteiger charge is 2.45. The van der Waals surface area contributed by atoms with Crippen molar-refractivity contribution in [3.63, 3.8) is 0 Å². The van der Waals surface area contributed by atoms with Gasteiger partial charge in [0.1, 0.15) is 5.78 Å². The smallest absolute Gasteiger partial charge is 0.248 e. The average Bonchev–Trinajstić information content (AvgIpc) is 2.42. The largest absolute Gasteiger partial charge is 0.299 e. The van der Waals surface area contributed by atoms with Crippen LogP contribution in [0.25, 0.3) is 0 Å². The van der Waals surface area contributed by atoms with Crippen molar-refractivity contribution in [1.29, 1.82) is 0 Å². The van der Waals surface area contributed by atoms with Crippen molar-refractivity contribution in [2.24, 2.45) is 5.41 Å². The Morgan fingerprint density at radius 1 is 1.36 bits per heavy atom. The molecule has 1 fully saturated rings. The SMILES string of the molecule is CC12CCCC(C(=O)Cl)=C1CCC2=O. The third kappa shape index (κ3) is 1.24. The molecule has 0 heterocycles. The van der Waals surface area contributed by atoms with Crippen LogP contribution in [-0.2, 0) is 9.59 Å². The second-order valence-electron chi connectivity index (χ2n) is 4.34. The van der Waals surface area contributed by atoms with Gasteiger partial charge in [0.15, 0.2) is 0 Å². The number of hydrogen-bond acceptors (Lipinski definition) is 2. The minimum absolute atomic E-state index is 0.280. The Kier molecular flexibility index (Phi) is 2.26. The van der Waals surface area contributed by atoms with E-state index in [4.69, 9.17) is 11.6 Å². The van der Waals surface area contributed by atoms with E-state index in [1.807, 2.05) is 6.92 Å². The van der Waals surface area contributed by atoms with Crippen molar-refractivity contribution in [2.75, 3.05) is 0 Å². The zero-order valence-corrected chi connectivity index (χ0v) is 8.99. The van der Waals surface area contributed by atoms with Crippen LogP contribution < -0.4 is 0 Å². The number of hydrogen-bond donors (Lipinski definition) is 0. The van der Waals surface area contributed by atoms with Gasteiger partial charge in [-0.05, 0) is 49.8 Å². The highest BCUT2D eigenvalue weighted by molar-refractivity contribution is 6.67. The fraction of sp³-hybridized carbons (Fsp3) is 0.636. The third-order valence-electron chi connectivity index (χ3n) is 3.59. The van der Waals surface area contributed by atoms with Crippen molar-refractivity contribution in [1.82, 2.24) is 0 Å². The van der Waals surface area contributed by atoms with E-state index in [0.29, 0.717) is 12.0 Å². The van der Waals surface area contributed by atoms with Crippen LogP contribution in [0.2, 0.25) is 0 Å². The van der Waals surface area contributed by atoms with E-state index < -0.39 is 0 Å². The monoisotopic (exact) mass is 212 g/mol. The standard InChI is InChI=1S/C11H13ClO2/c1-11-6-2-3-7(10(12)14)8(11)4-5-9(11)13/h2-6H2,1H3. The molecule has 2 aliphatic carbocycles. The Bertz CT molecular complexity index is 343. The number of halogens is 1. The summed E-state index contributed by atoms with van der Waals surface area (Å²) in [5, 5.41) is -0.361. The lowest BCUT2D eigenvalue weighted by Gasteiger charge is -2.30. The molecule has 76 valence electrons. The molecule has 1 atom stereocenters. The van der Waals surface area contributed by atoms with Crippen LogP contribution >= 0.6 is 11.6 Å². The Hall–Kier alpha value is -0.630. The predicted octanol–water partition coefficient (Wildman–Crippen LogP) is 2.60. The molecule has 1 saturated carbocycles. The number of ketones is 1. The normalized spacial score (nSPS) is 32.0. The molecule has 0 aromatic heterocycles. The van der Waals surface area contributed by atoms with Gasteiger partial charge in [-0.25, -0.2) is 0 Å². The maximum Gasteiger partial charge on any atom is 0.248 e. The van der Waals surface area contributed by atoms with E-state index in [9.17, 15) is 9.59 Å². The van der Waals surface area contributed by atoms with Crippen molar-refractivity contribution in [3.05, 3.63) is 11.1 Å². The first-order valence-electron chi connectivity index (χ1n) is 5.01. The van der Waals surface area contributed by atoms with Gasteiger partial charge in [0.25, 0.3) is 0 Å². The highest BCUT2D eigenvalue weighted by atomic mass is 35.5. The van der Waals surface area contributed by atoms with E-state index in [2.05, 4.69) is 0 Å². The lowest BCUT2D eigenvalue weighted by Crippen LogP contribution is -2.28. The van der Waals surface area contributed by atoms with Crippen LogP contribution in [0, 0.1) is 5.41 Å². The first-order chi connectivity index (χ1) is 6.55. The van der Waals surface area contributed by atoms with Gasteiger partial charge in [-0.2, -0.15) is 0 Å². The quantitative estimate of drug-likeness (QED) is 0.627. The molecule has 0 aromatic rings. The van der Waals surface area contributed by atoms with Gasteiger partial charge in [-0.1, -0.05) is 0 Å². The number of allylic oxidation sites excluding steroid dienone is 2. The first-order valence-corrected chi connectivity index (χ1v) is 5.39. The Morgan fingerprint density at radius 3 is 2.71 bits per heavy atom. The fourth-order valence-corrected chi connectivity index (χ4v) is 2.93. The molecule has 0 aromatic carbocycles. The molecule has 0 saturated heterocycles. The summed E-state index contributed by atoms with van der Waals surface area (Å²) in [6.45, 7) is 1.96. The van der Waals surface area contributed by atoms with Crippen molar-refractivity contribution < 1.29 is 9.59 Å². The summed E-state index contributed by atoms with van der Waals surface area (Å²) in [6.07, 6.45) is 3.86. The summed E-state index contributed by atoms with van der Waals surface area (Å²) in [4.78, 5) is 22.9. The van der Waals surface area contributed by atoms with Crippen LogP contribution in [-0.4, -0.2) is 11.0 Å². The van der Waals surface area contributed by atoms with Gasteiger partial charge in [-0.3, -0.25) is 9.59 Å². The molecule has 1 unspecified atom stereocenters. The van der Waals surface area contributed by atoms with Gasteiger partial charge in [-0.15, -0.1) is 0 Å². The van der Waals surface area contributed by atoms with Gasteiger partial charge in [0.05, 0.1) is 0 Å². The molecule has 0 spiro atoms. The summed E-state index contributed by atoms with van der Waals surface area (Å²) >= 11 is 5.52. The summed E-state index contributed by atoms with van der Waals surface area (Å²) < 4.78 is 0. The van der Waals surface area contributed by atoms with Crippen LogP contribution in [0.4, 0.5) is 0 Å². The number of fused-ring (bicyclic) bond motifs is 1. The summed E-state index contributed by atoms with van der Waals surface area (Å²) in [5.41, 5.74) is 1.37. The molecule has 0 radical (unpaired) electrons. The van der Waals surface area contributed by atoms with Crippen LogP contribution in [0.1, 0.15) is 39.0 Å². The molecule has 3 heteroatoms. The number of carbonyl (C=O) groups is 2. The minimum atomic E-state index is -0.363. The summed E-state index contributed by atoms with van der Waals surface area (Å²) in [7, 11) is 0. The van der Waals surface area contributed by atoms with Gasteiger partial charge < -0.3 is 0 Å². The maximum absolute atomic E-state index is 11.7. The molecule has 0 bridgehead atoms. The zero-order chi connectivity index (χ0) is 10.3. The minimum Gasteiger partial charge on any atom is -0.299 e. The van der Waals surface area contributed by atoms with E-state index in [0.717, 1.165) is 31.3 Å². The topological polar surface area (TPSA) is 34.1 Å². The number of rotatable bonds is 1. The van der Waals surface area contributed by atoms with E-state index in [1.54, 1.807) is 0 Å². The predicted molar refractivity (Wildman–Crippen MR) is 54.1 cm³/mol. The highest BCUT2D eigenvalue weighted by Crippen LogP contribution is 2.49. The Labute approximate surface area is 88.3 Å². The second kappa shape index (κ2) is 3.20. The molecule has 0 aliphatic heterocycles. The molecular weight excluding hydrogens is 200 g/mol. The van der Waals surface area contributed by atoms with E-state index in [-0.39, 0.29) is 16.4 Å². The number of carbonyl (C=O) groups excluding carboxylic acids is 2. The van der Waals surface area contributed by atoms with Gasteiger partial charge in [0.2, 0.25) is 5.24 Å². The summed E-state index contributed by atoms with van der Waals surface area (Å²) in [6, 6.07) is 0. The van der Waals surface area contributed by atoms with Crippen LogP contribution in [0.5, 0.6) is 0 Å². The van der Waals surface area contributed by atoms with Crippen molar-refractivity contribution in [2.45, 2.75) is 39.0 Å². The molecule has 0 amide bonds. The van der Waals surface area contributed by atoms with Crippen molar-refractivity contribution in [3.8, 4) is 0 Å². The molecule has 0 N–H and O–H groups in total. The Balaban J connectivity index is 2.51. The van der Waals surface area contributed by atoms with Crippen LogP contribution in [0.3, 0.4) is 0 Å². The second-order valence-corrected chi connectivity index (χ2v) is 4.68. The molecule has 2 rings (SSSR count). The number of Topliss-reactive ketones (excluding diaryl/α,β-unsaturated/α-hetero) is 1. The van der Waals surface area contributed by atoms with E-state index >= 15 is 0 Å². The molecule has 2 nitrogen and oxygen atoms in total. The fourth-order valence-electron chi connectivity index (χ4n) is 2.72. The molecule has 2 aliphatic rings. The van der Waals surface area contributed by atoms with Gasteiger partial charge in [0, 0.05) is 17.4 Å². The maximum atomic E-state index is 11.7. The lowest BCUT2D eigenvalue weighted by molar-refractivity contribution is -0.124. The van der Waals surface area contributed by atoms with Crippen molar-refractivity contribution >= 4 is 22.6 Å². The van der Waals surface area contributed by atoms with E-state index in [1.165, 1.54) is 0 Å². The average molecular weight is 213 g/mol. The zero-order valence-electron chi connectivity index (χ0n) is 8.23.